The molecule has 1 unspecified atom stereocenters. The summed E-state index contributed by atoms with van der Waals surface area (Å²) in [5, 5.41) is 14.3. The number of carbonyl (C=O) groups is 1. The zero-order chi connectivity index (χ0) is 20.6. The number of benzene rings is 3. The summed E-state index contributed by atoms with van der Waals surface area (Å²) in [6.45, 7) is 0. The van der Waals surface area contributed by atoms with Crippen LogP contribution in [0.25, 0.3) is 0 Å². The number of carbonyl (C=O) groups excluding carboxylic acids is 1. The van der Waals surface area contributed by atoms with E-state index in [1.165, 1.54) is 12.1 Å². The van der Waals surface area contributed by atoms with E-state index in [2.05, 4.69) is 5.32 Å². The Morgan fingerprint density at radius 3 is 2.24 bits per heavy atom. The minimum atomic E-state index is -0.432. The predicted molar refractivity (Wildman–Crippen MR) is 112 cm³/mol. The second-order valence-corrected chi connectivity index (χ2v) is 6.68. The molecule has 29 heavy (non-hydrogen) atoms. The van der Waals surface area contributed by atoms with Crippen LogP contribution in [0.2, 0.25) is 0 Å². The van der Waals surface area contributed by atoms with Gasteiger partial charge in [0.1, 0.15) is 11.5 Å². The Hall–Kier alpha value is -3.67. The molecule has 0 amide bonds. The van der Waals surface area contributed by atoms with Crippen molar-refractivity contribution in [1.82, 2.24) is 0 Å². The number of hydrogen-bond acceptors (Lipinski definition) is 5. The van der Waals surface area contributed by atoms with Gasteiger partial charge in [-0.15, -0.1) is 0 Å². The van der Waals surface area contributed by atoms with E-state index in [0.717, 1.165) is 22.6 Å². The van der Waals surface area contributed by atoms with Crippen LogP contribution < -0.4 is 10.1 Å². The standard InChI is InChI=1S/C23H22N2O4/c1-29-22-13-7-17(8-14-22)15-21(26)16-23(24-19-5-3-2-4-6-19)18-9-11-20(12-10-18)25(27)28/h2-14,23-24H,15-16H2,1H3. The SMILES string of the molecule is COc1ccc(CC(=O)CC(Nc2ccccc2)c2ccc([N+](=O)[O-])cc2)cc1. The van der Waals surface area contributed by atoms with E-state index in [9.17, 15) is 14.9 Å². The summed E-state index contributed by atoms with van der Waals surface area (Å²) in [6, 6.07) is 23.0. The van der Waals surface area contributed by atoms with Crippen molar-refractivity contribution in [2.24, 2.45) is 0 Å². The molecule has 0 saturated carbocycles. The van der Waals surface area contributed by atoms with Crippen molar-refractivity contribution < 1.29 is 14.5 Å². The molecule has 0 aliphatic heterocycles. The fraction of sp³-hybridized carbons (Fsp3) is 0.174. The number of Topliss-reactive ketones (excluding diaryl/α,β-unsaturated/α-hetero) is 1. The van der Waals surface area contributed by atoms with Crippen molar-refractivity contribution in [3.63, 3.8) is 0 Å². The summed E-state index contributed by atoms with van der Waals surface area (Å²) in [5.41, 5.74) is 2.64. The highest BCUT2D eigenvalue weighted by Gasteiger charge is 2.18. The lowest BCUT2D eigenvalue weighted by Gasteiger charge is -2.20. The Bertz CT molecular complexity index is 954. The molecule has 3 aromatic carbocycles. The minimum absolute atomic E-state index is 0.0248. The van der Waals surface area contributed by atoms with E-state index in [0.29, 0.717) is 6.42 Å². The monoisotopic (exact) mass is 390 g/mol. The first-order valence-electron chi connectivity index (χ1n) is 9.25. The molecule has 3 rings (SSSR count). The summed E-state index contributed by atoms with van der Waals surface area (Å²) in [7, 11) is 1.60. The normalized spacial score (nSPS) is 11.5. The number of para-hydroxylation sites is 1. The van der Waals surface area contributed by atoms with Gasteiger partial charge in [-0.2, -0.15) is 0 Å². The van der Waals surface area contributed by atoms with E-state index in [4.69, 9.17) is 4.74 Å². The van der Waals surface area contributed by atoms with Crippen molar-refractivity contribution in [3.8, 4) is 5.75 Å². The third-order valence-electron chi connectivity index (χ3n) is 4.61. The molecule has 0 saturated heterocycles. The molecule has 0 aliphatic rings. The Morgan fingerprint density at radius 2 is 1.66 bits per heavy atom. The number of nitrogens with zero attached hydrogens (tertiary/aromatic N) is 1. The van der Waals surface area contributed by atoms with Crippen LogP contribution in [0.15, 0.2) is 78.9 Å². The molecule has 0 spiro atoms. The molecule has 0 fully saturated rings. The lowest BCUT2D eigenvalue weighted by molar-refractivity contribution is -0.384. The second-order valence-electron chi connectivity index (χ2n) is 6.68. The van der Waals surface area contributed by atoms with Gasteiger partial charge in [-0.3, -0.25) is 14.9 Å². The summed E-state index contributed by atoms with van der Waals surface area (Å²) in [6.07, 6.45) is 0.572. The van der Waals surface area contributed by atoms with Crippen molar-refractivity contribution >= 4 is 17.2 Å². The molecule has 0 aliphatic carbocycles. The number of ketones is 1. The molecule has 0 bridgehead atoms. The number of hydrogen-bond donors (Lipinski definition) is 1. The molecule has 1 atom stereocenters. The average Bonchev–Trinajstić information content (AvgIpc) is 2.74. The Balaban J connectivity index is 1.76. The van der Waals surface area contributed by atoms with Gasteiger partial charge in [0.15, 0.2) is 0 Å². The molecule has 0 radical (unpaired) electrons. The lowest BCUT2D eigenvalue weighted by Crippen LogP contribution is -2.17. The molecular weight excluding hydrogens is 368 g/mol. The van der Waals surface area contributed by atoms with Crippen LogP contribution in [-0.2, 0) is 11.2 Å². The predicted octanol–water partition coefficient (Wildman–Crippen LogP) is 4.96. The molecule has 148 valence electrons. The van der Waals surface area contributed by atoms with E-state index in [-0.39, 0.29) is 23.9 Å². The third-order valence-corrected chi connectivity index (χ3v) is 4.61. The van der Waals surface area contributed by atoms with E-state index in [1.54, 1.807) is 19.2 Å². The highest BCUT2D eigenvalue weighted by atomic mass is 16.6. The highest BCUT2D eigenvalue weighted by molar-refractivity contribution is 5.82. The molecule has 0 heterocycles. The van der Waals surface area contributed by atoms with E-state index in [1.807, 2.05) is 54.6 Å². The number of non-ortho nitro benzene ring substituents is 1. The van der Waals surface area contributed by atoms with Crippen molar-refractivity contribution in [2.45, 2.75) is 18.9 Å². The maximum absolute atomic E-state index is 12.7. The number of anilines is 1. The van der Waals surface area contributed by atoms with Gasteiger partial charge in [0.2, 0.25) is 0 Å². The lowest BCUT2D eigenvalue weighted by atomic mass is 9.97. The average molecular weight is 390 g/mol. The van der Waals surface area contributed by atoms with Crippen LogP contribution >= 0.6 is 0 Å². The summed E-state index contributed by atoms with van der Waals surface area (Å²) in [4.78, 5) is 23.2. The van der Waals surface area contributed by atoms with Gasteiger partial charge in [-0.05, 0) is 35.4 Å². The van der Waals surface area contributed by atoms with Crippen LogP contribution in [0.1, 0.15) is 23.6 Å². The first-order chi connectivity index (χ1) is 14.0. The number of nitro benzene ring substituents is 1. The largest absolute Gasteiger partial charge is 0.497 e. The first-order valence-corrected chi connectivity index (χ1v) is 9.25. The summed E-state index contributed by atoms with van der Waals surface area (Å²) < 4.78 is 5.15. The van der Waals surface area contributed by atoms with Crippen molar-refractivity contribution in [2.75, 3.05) is 12.4 Å². The third kappa shape index (κ3) is 5.65. The van der Waals surface area contributed by atoms with Crippen LogP contribution in [0.4, 0.5) is 11.4 Å². The maximum Gasteiger partial charge on any atom is 0.269 e. The highest BCUT2D eigenvalue weighted by Crippen LogP contribution is 2.26. The molecule has 6 heteroatoms. The van der Waals surface area contributed by atoms with E-state index < -0.39 is 4.92 Å². The van der Waals surface area contributed by atoms with Gasteiger partial charge >= 0.3 is 0 Å². The Kier molecular flexibility index (Phi) is 6.58. The number of methoxy groups -OCH3 is 1. The smallest absolute Gasteiger partial charge is 0.269 e. The molecule has 6 nitrogen and oxygen atoms in total. The van der Waals surface area contributed by atoms with Gasteiger partial charge in [0, 0.05) is 30.7 Å². The fourth-order valence-electron chi connectivity index (χ4n) is 3.09. The van der Waals surface area contributed by atoms with Crippen LogP contribution in [0.5, 0.6) is 5.75 Å². The zero-order valence-electron chi connectivity index (χ0n) is 16.1. The Morgan fingerprint density at radius 1 is 1.00 bits per heavy atom. The quantitative estimate of drug-likeness (QED) is 0.413. The van der Waals surface area contributed by atoms with Crippen molar-refractivity contribution in [1.29, 1.82) is 0 Å². The van der Waals surface area contributed by atoms with Gasteiger partial charge in [0.05, 0.1) is 18.1 Å². The fourth-order valence-corrected chi connectivity index (χ4v) is 3.09. The minimum Gasteiger partial charge on any atom is -0.497 e. The molecule has 1 N–H and O–H groups in total. The molecule has 0 aromatic heterocycles. The summed E-state index contributed by atoms with van der Waals surface area (Å²) >= 11 is 0. The molecule has 3 aromatic rings. The van der Waals surface area contributed by atoms with Crippen LogP contribution in [-0.4, -0.2) is 17.8 Å². The van der Waals surface area contributed by atoms with Crippen molar-refractivity contribution in [3.05, 3.63) is 100 Å². The van der Waals surface area contributed by atoms with Crippen LogP contribution in [0, 0.1) is 10.1 Å². The number of nitrogens with one attached hydrogen (secondary N) is 1. The van der Waals surface area contributed by atoms with Gasteiger partial charge in [-0.1, -0.05) is 42.5 Å². The summed E-state index contributed by atoms with van der Waals surface area (Å²) in [5.74, 6) is 0.817. The Labute approximate surface area is 169 Å². The zero-order valence-corrected chi connectivity index (χ0v) is 16.1. The van der Waals surface area contributed by atoms with E-state index >= 15 is 0 Å². The topological polar surface area (TPSA) is 81.5 Å². The number of nitro groups is 1. The maximum atomic E-state index is 12.7. The van der Waals surface area contributed by atoms with Gasteiger partial charge in [0.25, 0.3) is 5.69 Å². The molecular formula is C23H22N2O4. The van der Waals surface area contributed by atoms with Gasteiger partial charge in [-0.25, -0.2) is 0 Å². The number of rotatable bonds is 9. The second kappa shape index (κ2) is 9.50. The number of ether oxygens (including phenoxy) is 1. The van der Waals surface area contributed by atoms with Gasteiger partial charge < -0.3 is 10.1 Å². The first kappa shape index (κ1) is 20.1. The van der Waals surface area contributed by atoms with Crippen LogP contribution in [0.3, 0.4) is 0 Å².